The Labute approximate surface area is 156 Å². The summed E-state index contributed by atoms with van der Waals surface area (Å²) in [6.07, 6.45) is 0. The van der Waals surface area contributed by atoms with Crippen LogP contribution in [0, 0.1) is 10.1 Å². The molecule has 3 aromatic rings. The highest BCUT2D eigenvalue weighted by Crippen LogP contribution is 2.35. The Morgan fingerprint density at radius 2 is 1.96 bits per heavy atom. The maximum atomic E-state index is 12.6. The smallest absolute Gasteiger partial charge is 0.286 e. The summed E-state index contributed by atoms with van der Waals surface area (Å²) in [7, 11) is 2.75. The second kappa shape index (κ2) is 7.50. The number of thiophene rings is 1. The van der Waals surface area contributed by atoms with Crippen molar-refractivity contribution in [2.45, 2.75) is 0 Å². The first kappa shape index (κ1) is 17.8. The molecule has 3 rings (SSSR count). The second-order valence-electron chi connectivity index (χ2n) is 4.95. The first-order valence-corrected chi connectivity index (χ1v) is 9.00. The van der Waals surface area contributed by atoms with E-state index in [2.05, 4.69) is 10.3 Å². The van der Waals surface area contributed by atoms with Gasteiger partial charge in [-0.2, -0.15) is 0 Å². The lowest BCUT2D eigenvalue weighted by Gasteiger charge is -2.10. The van der Waals surface area contributed by atoms with Crippen LogP contribution in [0.4, 0.5) is 10.8 Å². The highest BCUT2D eigenvalue weighted by atomic mass is 32.1. The molecule has 0 aliphatic carbocycles. The van der Waals surface area contributed by atoms with Crippen LogP contribution in [-0.2, 0) is 0 Å². The minimum Gasteiger partial charge on any atom is -0.493 e. The minimum atomic E-state index is -0.648. The zero-order valence-electron chi connectivity index (χ0n) is 13.7. The first-order chi connectivity index (χ1) is 12.5. The van der Waals surface area contributed by atoms with Gasteiger partial charge in [0.25, 0.3) is 11.6 Å². The Balaban J connectivity index is 1.91. The van der Waals surface area contributed by atoms with Crippen molar-refractivity contribution in [2.24, 2.45) is 0 Å². The van der Waals surface area contributed by atoms with E-state index in [9.17, 15) is 14.9 Å². The van der Waals surface area contributed by atoms with Crippen LogP contribution in [0.2, 0.25) is 0 Å². The lowest BCUT2D eigenvalue weighted by Crippen LogP contribution is -2.14. The van der Waals surface area contributed by atoms with Gasteiger partial charge in [-0.15, -0.1) is 22.7 Å². The van der Waals surface area contributed by atoms with E-state index in [1.54, 1.807) is 0 Å². The lowest BCUT2D eigenvalue weighted by molar-refractivity contribution is -0.385. The third-order valence-corrected chi connectivity index (χ3v) is 5.09. The van der Waals surface area contributed by atoms with Gasteiger partial charge < -0.3 is 9.47 Å². The molecule has 0 saturated heterocycles. The van der Waals surface area contributed by atoms with Crippen LogP contribution < -0.4 is 14.8 Å². The first-order valence-electron chi connectivity index (χ1n) is 7.24. The molecule has 1 aromatic carbocycles. The standard InChI is InChI=1S/C16H13N3O5S2/c1-23-12-6-9(11(19(21)22)7-13(12)24-2)15(20)18-16-17-10(8-26-16)14-4-3-5-25-14/h3-8H,1-2H3,(H,17,18,20). The number of carbonyl (C=O) groups is 1. The predicted octanol–water partition coefficient (Wildman–Crippen LogP) is 4.05. The molecule has 0 spiro atoms. The van der Waals surface area contributed by atoms with Gasteiger partial charge in [-0.1, -0.05) is 6.07 Å². The molecular weight excluding hydrogens is 378 g/mol. The number of nitro groups is 1. The van der Waals surface area contributed by atoms with Crippen LogP contribution in [0.3, 0.4) is 0 Å². The van der Waals surface area contributed by atoms with Crippen LogP contribution in [-0.4, -0.2) is 30.0 Å². The number of nitrogens with one attached hydrogen (secondary N) is 1. The molecule has 2 heterocycles. The molecule has 0 aliphatic heterocycles. The summed E-state index contributed by atoms with van der Waals surface area (Å²) in [5.41, 5.74) is 0.220. The molecule has 0 saturated carbocycles. The highest BCUT2D eigenvalue weighted by molar-refractivity contribution is 7.16. The fourth-order valence-corrected chi connectivity index (χ4v) is 3.70. The van der Waals surface area contributed by atoms with Gasteiger partial charge in [-0.25, -0.2) is 4.98 Å². The third kappa shape index (κ3) is 3.51. The molecule has 8 nitrogen and oxygen atoms in total. The van der Waals surface area contributed by atoms with Crippen molar-refractivity contribution in [3.05, 3.63) is 50.7 Å². The SMILES string of the molecule is COc1cc(C(=O)Nc2nc(-c3cccs3)cs2)c([N+](=O)[O-])cc1OC. The van der Waals surface area contributed by atoms with Gasteiger partial charge in [0.15, 0.2) is 16.6 Å². The summed E-state index contributed by atoms with van der Waals surface area (Å²) in [4.78, 5) is 28.6. The number of nitro benzene ring substituents is 1. The summed E-state index contributed by atoms with van der Waals surface area (Å²) in [5.74, 6) is -0.253. The maximum Gasteiger partial charge on any atom is 0.286 e. The number of ether oxygens (including phenoxy) is 2. The summed E-state index contributed by atoms with van der Waals surface area (Å²) in [5, 5.41) is 18.0. The zero-order chi connectivity index (χ0) is 18.7. The highest BCUT2D eigenvalue weighted by Gasteiger charge is 2.25. The molecule has 0 unspecified atom stereocenters. The minimum absolute atomic E-state index is 0.138. The van der Waals surface area contributed by atoms with Gasteiger partial charge in [0.05, 0.1) is 35.8 Å². The van der Waals surface area contributed by atoms with Gasteiger partial charge in [0, 0.05) is 11.4 Å². The van der Waals surface area contributed by atoms with E-state index in [-0.39, 0.29) is 22.7 Å². The summed E-state index contributed by atoms with van der Waals surface area (Å²) >= 11 is 2.77. The molecule has 1 N–H and O–H groups in total. The number of benzene rings is 1. The number of amides is 1. The monoisotopic (exact) mass is 391 g/mol. The number of hydrogen-bond acceptors (Lipinski definition) is 8. The molecule has 1 amide bonds. The Kier molecular flexibility index (Phi) is 5.14. The molecule has 134 valence electrons. The number of aromatic nitrogens is 1. The zero-order valence-corrected chi connectivity index (χ0v) is 15.3. The van der Waals surface area contributed by atoms with Crippen molar-refractivity contribution in [1.82, 2.24) is 4.98 Å². The van der Waals surface area contributed by atoms with Gasteiger partial charge in [0.2, 0.25) is 0 Å². The number of hydrogen-bond donors (Lipinski definition) is 1. The number of methoxy groups -OCH3 is 2. The lowest BCUT2D eigenvalue weighted by atomic mass is 10.1. The average molecular weight is 391 g/mol. The number of thiazole rings is 1. The quantitative estimate of drug-likeness (QED) is 0.502. The molecular formula is C16H13N3O5S2. The van der Waals surface area contributed by atoms with E-state index in [1.165, 1.54) is 43.0 Å². The van der Waals surface area contributed by atoms with Crippen molar-refractivity contribution in [2.75, 3.05) is 19.5 Å². The van der Waals surface area contributed by atoms with Crippen molar-refractivity contribution in [3.8, 4) is 22.1 Å². The Bertz CT molecular complexity index is 953. The molecule has 0 bridgehead atoms. The maximum absolute atomic E-state index is 12.6. The van der Waals surface area contributed by atoms with Crippen LogP contribution >= 0.6 is 22.7 Å². The Morgan fingerprint density at radius 1 is 1.23 bits per heavy atom. The topological polar surface area (TPSA) is 104 Å². The predicted molar refractivity (Wildman–Crippen MR) is 99.6 cm³/mol. The largest absolute Gasteiger partial charge is 0.493 e. The molecule has 0 radical (unpaired) electrons. The van der Waals surface area contributed by atoms with E-state index in [0.29, 0.717) is 5.13 Å². The number of carbonyl (C=O) groups excluding carboxylic acids is 1. The van der Waals surface area contributed by atoms with Crippen molar-refractivity contribution in [1.29, 1.82) is 0 Å². The van der Waals surface area contributed by atoms with E-state index in [1.807, 2.05) is 22.9 Å². The molecule has 0 aliphatic rings. The van der Waals surface area contributed by atoms with Crippen molar-refractivity contribution >= 4 is 39.4 Å². The number of nitrogens with zero attached hydrogens (tertiary/aromatic N) is 2. The third-order valence-electron chi connectivity index (χ3n) is 3.44. The van der Waals surface area contributed by atoms with Crippen LogP contribution in [0.5, 0.6) is 11.5 Å². The van der Waals surface area contributed by atoms with Gasteiger partial charge in [-0.3, -0.25) is 20.2 Å². The Hall–Kier alpha value is -2.98. The number of rotatable bonds is 6. The Morgan fingerprint density at radius 3 is 2.58 bits per heavy atom. The van der Waals surface area contributed by atoms with Gasteiger partial charge in [-0.05, 0) is 11.4 Å². The van der Waals surface area contributed by atoms with Gasteiger partial charge >= 0.3 is 0 Å². The molecule has 0 fully saturated rings. The van der Waals surface area contributed by atoms with E-state index < -0.39 is 10.8 Å². The van der Waals surface area contributed by atoms with Crippen LogP contribution in [0.15, 0.2) is 35.0 Å². The summed E-state index contributed by atoms with van der Waals surface area (Å²) in [6, 6.07) is 6.27. The molecule has 26 heavy (non-hydrogen) atoms. The van der Waals surface area contributed by atoms with Crippen LogP contribution in [0.25, 0.3) is 10.6 Å². The fraction of sp³-hybridized carbons (Fsp3) is 0.125. The summed E-state index contributed by atoms with van der Waals surface area (Å²) < 4.78 is 10.2. The van der Waals surface area contributed by atoms with Crippen molar-refractivity contribution in [3.63, 3.8) is 0 Å². The number of anilines is 1. The van der Waals surface area contributed by atoms with Gasteiger partial charge in [0.1, 0.15) is 5.56 Å². The van der Waals surface area contributed by atoms with E-state index in [4.69, 9.17) is 9.47 Å². The van der Waals surface area contributed by atoms with Crippen molar-refractivity contribution < 1.29 is 19.2 Å². The fourth-order valence-electron chi connectivity index (χ4n) is 2.23. The van der Waals surface area contributed by atoms with E-state index >= 15 is 0 Å². The molecule has 2 aromatic heterocycles. The molecule has 0 atom stereocenters. The normalized spacial score (nSPS) is 10.4. The average Bonchev–Trinajstić information content (AvgIpc) is 3.31. The van der Waals surface area contributed by atoms with E-state index in [0.717, 1.165) is 16.6 Å². The summed E-state index contributed by atoms with van der Waals surface area (Å²) in [6.45, 7) is 0. The second-order valence-corrected chi connectivity index (χ2v) is 6.76. The van der Waals surface area contributed by atoms with Crippen LogP contribution in [0.1, 0.15) is 10.4 Å². The molecule has 10 heteroatoms.